The molecule has 1 aromatic rings. The van der Waals surface area contributed by atoms with Crippen LogP contribution in [0.15, 0.2) is 16.6 Å². The van der Waals surface area contributed by atoms with Gasteiger partial charge in [-0.3, -0.25) is 0 Å². The quantitative estimate of drug-likeness (QED) is 0.861. The van der Waals surface area contributed by atoms with E-state index in [1.54, 1.807) is 0 Å². The van der Waals surface area contributed by atoms with Crippen molar-refractivity contribution >= 4 is 15.9 Å². The second-order valence-electron chi connectivity index (χ2n) is 3.14. The Morgan fingerprint density at radius 1 is 1.47 bits per heavy atom. The van der Waals surface area contributed by atoms with Gasteiger partial charge >= 0.3 is 0 Å². The topological polar surface area (TPSA) is 35.2 Å². The van der Waals surface area contributed by atoms with Crippen molar-refractivity contribution in [3.05, 3.63) is 33.8 Å². The first-order valence-electron chi connectivity index (χ1n) is 4.45. The molecule has 0 saturated carbocycles. The van der Waals surface area contributed by atoms with Crippen LogP contribution in [0.3, 0.4) is 0 Å². The first-order valence-corrected chi connectivity index (χ1v) is 5.25. The number of benzene rings is 1. The van der Waals surface area contributed by atoms with Gasteiger partial charge in [0, 0.05) is 25.3 Å². The maximum atomic E-state index is 13.5. The van der Waals surface area contributed by atoms with Gasteiger partial charge in [-0.2, -0.15) is 0 Å². The average molecular weight is 280 g/mol. The van der Waals surface area contributed by atoms with Crippen molar-refractivity contribution in [2.45, 2.75) is 12.5 Å². The van der Waals surface area contributed by atoms with Gasteiger partial charge in [-0.15, -0.1) is 0 Å². The fourth-order valence-electron chi connectivity index (χ4n) is 1.27. The van der Waals surface area contributed by atoms with E-state index in [9.17, 15) is 8.78 Å². The van der Waals surface area contributed by atoms with Crippen molar-refractivity contribution in [3.8, 4) is 0 Å². The molecule has 2 N–H and O–H groups in total. The predicted octanol–water partition coefficient (Wildman–Crippen LogP) is 2.76. The molecule has 0 aromatic heterocycles. The van der Waals surface area contributed by atoms with Gasteiger partial charge in [0.05, 0.1) is 4.47 Å². The largest absolute Gasteiger partial charge is 0.385 e. The molecule has 1 atom stereocenters. The second kappa shape index (κ2) is 5.53. The molecule has 0 heterocycles. The lowest BCUT2D eigenvalue weighted by molar-refractivity contribution is 0.187. The van der Waals surface area contributed by atoms with Crippen LogP contribution in [0.5, 0.6) is 0 Å². The Bertz CT molecular complexity index is 346. The van der Waals surface area contributed by atoms with Gasteiger partial charge in [-0.05, 0) is 34.5 Å². The van der Waals surface area contributed by atoms with Crippen LogP contribution < -0.4 is 5.73 Å². The van der Waals surface area contributed by atoms with Crippen LogP contribution in [0.1, 0.15) is 18.0 Å². The highest BCUT2D eigenvalue weighted by atomic mass is 79.9. The lowest BCUT2D eigenvalue weighted by Gasteiger charge is -2.14. The first-order chi connectivity index (χ1) is 7.07. The van der Waals surface area contributed by atoms with Crippen molar-refractivity contribution in [2.75, 3.05) is 13.7 Å². The highest BCUT2D eigenvalue weighted by molar-refractivity contribution is 9.10. The van der Waals surface area contributed by atoms with Crippen LogP contribution in [-0.4, -0.2) is 13.7 Å². The number of rotatable bonds is 4. The zero-order valence-electron chi connectivity index (χ0n) is 8.27. The van der Waals surface area contributed by atoms with E-state index < -0.39 is 17.7 Å². The van der Waals surface area contributed by atoms with E-state index in [0.717, 1.165) is 0 Å². The van der Waals surface area contributed by atoms with Crippen LogP contribution in [0.25, 0.3) is 0 Å². The molecular formula is C10H12BrF2NO. The molecule has 0 aliphatic heterocycles. The number of hydrogen-bond acceptors (Lipinski definition) is 2. The Kier molecular flexibility index (Phi) is 4.63. The second-order valence-corrected chi connectivity index (χ2v) is 4.00. The number of halogens is 3. The Hall–Kier alpha value is -0.520. The van der Waals surface area contributed by atoms with Gasteiger partial charge < -0.3 is 10.5 Å². The van der Waals surface area contributed by atoms with Gasteiger partial charge in [-0.1, -0.05) is 0 Å². The zero-order valence-corrected chi connectivity index (χ0v) is 9.85. The molecule has 5 heteroatoms. The molecule has 0 saturated heterocycles. The van der Waals surface area contributed by atoms with Crippen molar-refractivity contribution in [2.24, 2.45) is 5.73 Å². The Morgan fingerprint density at radius 2 is 2.13 bits per heavy atom. The summed E-state index contributed by atoms with van der Waals surface area (Å²) in [5, 5.41) is 0. The summed E-state index contributed by atoms with van der Waals surface area (Å²) in [5.41, 5.74) is 5.57. The molecule has 0 aliphatic carbocycles. The Balaban J connectivity index is 2.96. The lowest BCUT2D eigenvalue weighted by Crippen LogP contribution is -2.16. The van der Waals surface area contributed by atoms with Gasteiger partial charge in [0.25, 0.3) is 0 Å². The molecule has 1 unspecified atom stereocenters. The summed E-state index contributed by atoms with van der Waals surface area (Å²) in [7, 11) is 1.51. The smallest absolute Gasteiger partial charge is 0.145 e. The van der Waals surface area contributed by atoms with E-state index in [1.807, 2.05) is 0 Å². The molecule has 1 aromatic carbocycles. The van der Waals surface area contributed by atoms with Gasteiger partial charge in [0.2, 0.25) is 0 Å². The SMILES string of the molecule is COCCC(N)c1c(F)ccc(Br)c1F. The molecule has 15 heavy (non-hydrogen) atoms. The Labute approximate surface area is 95.5 Å². The predicted molar refractivity (Wildman–Crippen MR) is 57.5 cm³/mol. The van der Waals surface area contributed by atoms with E-state index in [2.05, 4.69) is 15.9 Å². The molecule has 84 valence electrons. The van der Waals surface area contributed by atoms with Crippen molar-refractivity contribution in [3.63, 3.8) is 0 Å². The normalized spacial score (nSPS) is 12.9. The average Bonchev–Trinajstić information content (AvgIpc) is 2.21. The minimum atomic E-state index is -0.692. The van der Waals surface area contributed by atoms with Gasteiger partial charge in [-0.25, -0.2) is 8.78 Å². The third-order valence-electron chi connectivity index (χ3n) is 2.08. The highest BCUT2D eigenvalue weighted by Crippen LogP contribution is 2.26. The minimum absolute atomic E-state index is 0.0959. The van der Waals surface area contributed by atoms with Crippen LogP contribution in [0.4, 0.5) is 8.78 Å². The zero-order chi connectivity index (χ0) is 11.4. The number of hydrogen-bond donors (Lipinski definition) is 1. The lowest BCUT2D eigenvalue weighted by atomic mass is 10.0. The number of nitrogens with two attached hydrogens (primary N) is 1. The number of methoxy groups -OCH3 is 1. The molecule has 0 bridgehead atoms. The summed E-state index contributed by atoms with van der Waals surface area (Å²) in [4.78, 5) is 0. The van der Waals surface area contributed by atoms with Crippen LogP contribution in [0, 0.1) is 11.6 Å². The third-order valence-corrected chi connectivity index (χ3v) is 2.70. The highest BCUT2D eigenvalue weighted by Gasteiger charge is 2.18. The molecule has 2 nitrogen and oxygen atoms in total. The molecule has 0 spiro atoms. The molecule has 0 fully saturated rings. The third kappa shape index (κ3) is 2.96. The van der Waals surface area contributed by atoms with Crippen LogP contribution in [-0.2, 0) is 4.74 Å². The summed E-state index contributed by atoms with van der Waals surface area (Å²) in [5.74, 6) is -1.27. The summed E-state index contributed by atoms with van der Waals surface area (Å²) < 4.78 is 31.9. The van der Waals surface area contributed by atoms with Crippen molar-refractivity contribution < 1.29 is 13.5 Å². The summed E-state index contributed by atoms with van der Waals surface area (Å²) in [6.45, 7) is 0.368. The summed E-state index contributed by atoms with van der Waals surface area (Å²) in [6, 6.07) is 1.81. The van der Waals surface area contributed by atoms with Crippen molar-refractivity contribution in [1.82, 2.24) is 0 Å². The fraction of sp³-hybridized carbons (Fsp3) is 0.400. The van der Waals surface area contributed by atoms with E-state index in [1.165, 1.54) is 19.2 Å². The van der Waals surface area contributed by atoms with E-state index in [-0.39, 0.29) is 10.0 Å². The molecular weight excluding hydrogens is 268 g/mol. The minimum Gasteiger partial charge on any atom is -0.385 e. The molecule has 0 amide bonds. The van der Waals surface area contributed by atoms with Crippen molar-refractivity contribution in [1.29, 1.82) is 0 Å². The summed E-state index contributed by atoms with van der Waals surface area (Å²) in [6.07, 6.45) is 0.376. The van der Waals surface area contributed by atoms with E-state index >= 15 is 0 Å². The molecule has 1 rings (SSSR count). The van der Waals surface area contributed by atoms with E-state index in [4.69, 9.17) is 10.5 Å². The maximum Gasteiger partial charge on any atom is 0.145 e. The van der Waals surface area contributed by atoms with Crippen LogP contribution in [0.2, 0.25) is 0 Å². The monoisotopic (exact) mass is 279 g/mol. The van der Waals surface area contributed by atoms with Gasteiger partial charge in [0.15, 0.2) is 0 Å². The van der Waals surface area contributed by atoms with E-state index in [0.29, 0.717) is 13.0 Å². The first kappa shape index (κ1) is 12.5. The molecule has 0 aliphatic rings. The Morgan fingerprint density at radius 3 is 2.73 bits per heavy atom. The van der Waals surface area contributed by atoms with Crippen LogP contribution >= 0.6 is 15.9 Å². The molecule has 0 radical (unpaired) electrons. The maximum absolute atomic E-state index is 13.5. The summed E-state index contributed by atoms with van der Waals surface area (Å²) >= 11 is 2.99. The number of ether oxygens (including phenoxy) is 1. The fourth-order valence-corrected chi connectivity index (χ4v) is 1.62. The van der Waals surface area contributed by atoms with Gasteiger partial charge in [0.1, 0.15) is 11.6 Å². The standard InChI is InChI=1S/C10H12BrF2NO/c1-15-5-4-8(14)9-7(12)3-2-6(11)10(9)13/h2-3,8H,4-5,14H2,1H3.